The van der Waals surface area contributed by atoms with Crippen LogP contribution in [0.4, 0.5) is 0 Å². The average molecular weight is 255 g/mol. The summed E-state index contributed by atoms with van der Waals surface area (Å²) in [5, 5.41) is 0.438. The molecule has 0 saturated carbocycles. The molecule has 0 aromatic heterocycles. The highest BCUT2D eigenvalue weighted by Gasteiger charge is 2.32. The summed E-state index contributed by atoms with van der Waals surface area (Å²) in [6, 6.07) is 5.13. The molecule has 4 heteroatoms. The molecule has 92 valence electrons. The van der Waals surface area contributed by atoms with Gasteiger partial charge in [-0.05, 0) is 31.5 Å². The van der Waals surface area contributed by atoms with Crippen LogP contribution in [-0.4, -0.2) is 25.6 Å². The molecule has 2 atom stereocenters. The first-order valence-corrected chi connectivity index (χ1v) is 6.00. The predicted octanol–water partition coefficient (Wildman–Crippen LogP) is 2.96. The molecule has 0 aliphatic carbocycles. The molecule has 0 amide bonds. The van der Waals surface area contributed by atoms with Crippen molar-refractivity contribution in [2.75, 3.05) is 13.7 Å². The summed E-state index contributed by atoms with van der Waals surface area (Å²) in [5.74, 6) is 0.630. The van der Waals surface area contributed by atoms with Crippen LogP contribution in [0, 0.1) is 5.92 Å². The van der Waals surface area contributed by atoms with Gasteiger partial charge in [-0.1, -0.05) is 11.6 Å². The van der Waals surface area contributed by atoms with Gasteiger partial charge in [0, 0.05) is 12.2 Å². The van der Waals surface area contributed by atoms with E-state index in [1.807, 2.05) is 6.92 Å². The lowest BCUT2D eigenvalue weighted by Crippen LogP contribution is -2.21. The Morgan fingerprint density at radius 3 is 2.82 bits per heavy atom. The van der Waals surface area contributed by atoms with Crippen LogP contribution >= 0.6 is 11.6 Å². The molecule has 1 saturated heterocycles. The van der Waals surface area contributed by atoms with Gasteiger partial charge in [-0.2, -0.15) is 0 Å². The quantitative estimate of drug-likeness (QED) is 0.778. The fourth-order valence-electron chi connectivity index (χ4n) is 2.10. The molecule has 1 aromatic rings. The molecule has 2 rings (SSSR count). The Bertz CT molecular complexity index is 431. The number of methoxy groups -OCH3 is 1. The van der Waals surface area contributed by atoms with Crippen molar-refractivity contribution in [2.45, 2.75) is 19.4 Å². The number of carbonyl (C=O) groups excluding carboxylic acids is 1. The van der Waals surface area contributed by atoms with Gasteiger partial charge in [-0.3, -0.25) is 4.79 Å². The zero-order valence-electron chi connectivity index (χ0n) is 9.90. The molecule has 1 heterocycles. The van der Waals surface area contributed by atoms with E-state index in [4.69, 9.17) is 21.1 Å². The van der Waals surface area contributed by atoms with Crippen LogP contribution in [0.3, 0.4) is 0 Å². The van der Waals surface area contributed by atoms with Crippen LogP contribution in [0.25, 0.3) is 0 Å². The lowest BCUT2D eigenvalue weighted by molar-refractivity contribution is 0.0764. The second-order valence-electron chi connectivity index (χ2n) is 4.18. The van der Waals surface area contributed by atoms with Gasteiger partial charge in [0.25, 0.3) is 0 Å². The fraction of sp³-hybridized carbons (Fsp3) is 0.462. The highest BCUT2D eigenvalue weighted by Crippen LogP contribution is 2.29. The number of carbonyl (C=O) groups is 1. The standard InChI is InChI=1S/C13H15ClO3/c1-8-10(5-6-17-8)13(15)11-4-3-9(16-2)7-12(11)14/h3-4,7-8,10H,5-6H2,1-2H3. The molecule has 1 aliphatic rings. The van der Waals surface area contributed by atoms with E-state index in [9.17, 15) is 4.79 Å². The van der Waals surface area contributed by atoms with Gasteiger partial charge in [-0.25, -0.2) is 0 Å². The summed E-state index contributed by atoms with van der Waals surface area (Å²) in [7, 11) is 1.57. The maximum atomic E-state index is 12.3. The number of Topliss-reactive ketones (excluding diaryl/α,β-unsaturated/α-hetero) is 1. The normalized spacial score (nSPS) is 23.7. The third-order valence-electron chi connectivity index (χ3n) is 3.15. The van der Waals surface area contributed by atoms with E-state index in [-0.39, 0.29) is 17.8 Å². The van der Waals surface area contributed by atoms with E-state index >= 15 is 0 Å². The molecule has 0 spiro atoms. The first kappa shape index (κ1) is 12.4. The molecular weight excluding hydrogens is 240 g/mol. The van der Waals surface area contributed by atoms with Crippen molar-refractivity contribution in [3.8, 4) is 5.75 Å². The maximum absolute atomic E-state index is 12.3. The smallest absolute Gasteiger partial charge is 0.170 e. The molecule has 0 N–H and O–H groups in total. The monoisotopic (exact) mass is 254 g/mol. The highest BCUT2D eigenvalue weighted by atomic mass is 35.5. The number of benzene rings is 1. The minimum absolute atomic E-state index is 0.0272. The third kappa shape index (κ3) is 2.45. The summed E-state index contributed by atoms with van der Waals surface area (Å²) in [6.07, 6.45) is 0.739. The van der Waals surface area contributed by atoms with Crippen molar-refractivity contribution in [3.63, 3.8) is 0 Å². The lowest BCUT2D eigenvalue weighted by atomic mass is 9.92. The SMILES string of the molecule is COc1ccc(C(=O)C2CCOC2C)c(Cl)c1. The first-order valence-electron chi connectivity index (χ1n) is 5.63. The number of halogens is 1. The zero-order valence-corrected chi connectivity index (χ0v) is 10.7. The Kier molecular flexibility index (Phi) is 3.69. The summed E-state index contributed by atoms with van der Waals surface area (Å²) >= 11 is 6.09. The Morgan fingerprint density at radius 1 is 1.53 bits per heavy atom. The fourth-order valence-corrected chi connectivity index (χ4v) is 2.36. The topological polar surface area (TPSA) is 35.5 Å². The second-order valence-corrected chi connectivity index (χ2v) is 4.59. The Morgan fingerprint density at radius 2 is 2.29 bits per heavy atom. The largest absolute Gasteiger partial charge is 0.497 e. The second kappa shape index (κ2) is 5.07. The predicted molar refractivity (Wildman–Crippen MR) is 65.9 cm³/mol. The van der Waals surface area contributed by atoms with Crippen molar-refractivity contribution >= 4 is 17.4 Å². The molecule has 1 aliphatic heterocycles. The third-order valence-corrected chi connectivity index (χ3v) is 3.47. The molecule has 2 unspecified atom stereocenters. The summed E-state index contributed by atoms with van der Waals surface area (Å²) < 4.78 is 10.5. The van der Waals surface area contributed by atoms with Gasteiger partial charge >= 0.3 is 0 Å². The Hall–Kier alpha value is -1.06. The number of ether oxygens (including phenoxy) is 2. The van der Waals surface area contributed by atoms with Gasteiger partial charge < -0.3 is 9.47 Å². The lowest BCUT2D eigenvalue weighted by Gasteiger charge is -2.14. The van der Waals surface area contributed by atoms with E-state index in [2.05, 4.69) is 0 Å². The molecular formula is C13H15ClO3. The van der Waals surface area contributed by atoms with E-state index in [0.29, 0.717) is 22.9 Å². The van der Waals surface area contributed by atoms with Crippen LogP contribution in [0.2, 0.25) is 5.02 Å². The van der Waals surface area contributed by atoms with Gasteiger partial charge in [0.05, 0.1) is 24.2 Å². The molecule has 1 aromatic carbocycles. The van der Waals surface area contributed by atoms with Gasteiger partial charge in [0.15, 0.2) is 5.78 Å². The molecule has 17 heavy (non-hydrogen) atoms. The van der Waals surface area contributed by atoms with E-state index in [1.54, 1.807) is 25.3 Å². The minimum Gasteiger partial charge on any atom is -0.497 e. The number of rotatable bonds is 3. The van der Waals surface area contributed by atoms with Gasteiger partial charge in [0.1, 0.15) is 5.75 Å². The van der Waals surface area contributed by atoms with Crippen molar-refractivity contribution in [2.24, 2.45) is 5.92 Å². The summed E-state index contributed by atoms with van der Waals surface area (Å²) in [4.78, 5) is 12.3. The van der Waals surface area contributed by atoms with Crippen molar-refractivity contribution in [1.82, 2.24) is 0 Å². The van der Waals surface area contributed by atoms with E-state index < -0.39 is 0 Å². The van der Waals surface area contributed by atoms with Crippen LogP contribution in [0.1, 0.15) is 23.7 Å². The zero-order chi connectivity index (χ0) is 12.4. The minimum atomic E-state index is -0.0825. The van der Waals surface area contributed by atoms with E-state index in [1.165, 1.54) is 0 Å². The van der Waals surface area contributed by atoms with Gasteiger partial charge in [0.2, 0.25) is 0 Å². The summed E-state index contributed by atoms with van der Waals surface area (Å²) in [5.41, 5.74) is 0.551. The highest BCUT2D eigenvalue weighted by molar-refractivity contribution is 6.34. The van der Waals surface area contributed by atoms with Crippen molar-refractivity contribution in [1.29, 1.82) is 0 Å². The van der Waals surface area contributed by atoms with Gasteiger partial charge in [-0.15, -0.1) is 0 Å². The number of ketones is 1. The molecule has 0 radical (unpaired) electrons. The maximum Gasteiger partial charge on any atom is 0.170 e. The summed E-state index contributed by atoms with van der Waals surface area (Å²) in [6.45, 7) is 2.57. The van der Waals surface area contributed by atoms with Crippen LogP contribution in [0.15, 0.2) is 18.2 Å². The Labute approximate surface area is 106 Å². The first-order chi connectivity index (χ1) is 8.13. The average Bonchev–Trinajstić information content (AvgIpc) is 2.74. The molecule has 3 nitrogen and oxygen atoms in total. The molecule has 1 fully saturated rings. The van der Waals surface area contributed by atoms with Crippen LogP contribution < -0.4 is 4.74 Å². The van der Waals surface area contributed by atoms with Crippen LogP contribution in [-0.2, 0) is 4.74 Å². The van der Waals surface area contributed by atoms with Crippen LogP contribution in [0.5, 0.6) is 5.75 Å². The number of hydrogen-bond acceptors (Lipinski definition) is 3. The number of hydrogen-bond donors (Lipinski definition) is 0. The van der Waals surface area contributed by atoms with E-state index in [0.717, 1.165) is 6.42 Å². The molecule has 0 bridgehead atoms. The Balaban J connectivity index is 2.25. The van der Waals surface area contributed by atoms with Crippen molar-refractivity contribution < 1.29 is 14.3 Å². The van der Waals surface area contributed by atoms with Crippen molar-refractivity contribution in [3.05, 3.63) is 28.8 Å².